The molecule has 0 saturated carbocycles. The molecule has 4 aromatic rings. The molecule has 1 aliphatic carbocycles. The Kier molecular flexibility index (Phi) is 7.30. The van der Waals surface area contributed by atoms with Crippen LogP contribution in [0.1, 0.15) is 28.2 Å². The number of hydrogen-bond donors (Lipinski definition) is 2. The Hall–Kier alpha value is -3.68. The molecule has 1 aromatic heterocycles. The SMILES string of the molecule is COCCNCCc1cc(Nc2ncc3c(n2)-c2ccccc2C(c2ccccc2F)C3)ccc1F. The van der Waals surface area contributed by atoms with Crippen molar-refractivity contribution >= 4 is 11.6 Å². The van der Waals surface area contributed by atoms with Crippen molar-refractivity contribution < 1.29 is 13.5 Å². The van der Waals surface area contributed by atoms with Gasteiger partial charge in [-0.1, -0.05) is 42.5 Å². The van der Waals surface area contributed by atoms with Gasteiger partial charge >= 0.3 is 0 Å². The normalized spacial score (nSPS) is 14.2. The maximum atomic E-state index is 14.7. The van der Waals surface area contributed by atoms with E-state index >= 15 is 0 Å². The van der Waals surface area contributed by atoms with E-state index < -0.39 is 0 Å². The number of nitrogens with one attached hydrogen (secondary N) is 2. The summed E-state index contributed by atoms with van der Waals surface area (Å²) < 4.78 is 34.0. The highest BCUT2D eigenvalue weighted by atomic mass is 19.1. The Morgan fingerprint density at radius 2 is 1.75 bits per heavy atom. The predicted molar refractivity (Wildman–Crippen MR) is 138 cm³/mol. The van der Waals surface area contributed by atoms with Gasteiger partial charge in [0.15, 0.2) is 0 Å². The average Bonchev–Trinajstić information content (AvgIpc) is 2.90. The number of rotatable bonds is 9. The number of hydrogen-bond acceptors (Lipinski definition) is 5. The molecule has 3 aromatic carbocycles. The van der Waals surface area contributed by atoms with Crippen LogP contribution in [0.2, 0.25) is 0 Å². The maximum Gasteiger partial charge on any atom is 0.227 e. The molecular weight excluding hydrogens is 458 g/mol. The van der Waals surface area contributed by atoms with Crippen molar-refractivity contribution in [3.05, 3.63) is 107 Å². The third-order valence-corrected chi connectivity index (χ3v) is 6.52. The predicted octanol–water partition coefficient (Wildman–Crippen LogP) is 5.63. The smallest absolute Gasteiger partial charge is 0.227 e. The van der Waals surface area contributed by atoms with Crippen LogP contribution in [0.25, 0.3) is 11.3 Å². The number of anilines is 2. The number of ether oxygens (including phenoxy) is 1. The van der Waals surface area contributed by atoms with Crippen molar-refractivity contribution in [2.45, 2.75) is 18.8 Å². The van der Waals surface area contributed by atoms with Gasteiger partial charge in [-0.05, 0) is 65.9 Å². The largest absolute Gasteiger partial charge is 0.383 e. The fourth-order valence-electron chi connectivity index (χ4n) is 4.73. The molecule has 1 unspecified atom stereocenters. The first-order valence-electron chi connectivity index (χ1n) is 12.1. The molecule has 7 heteroatoms. The summed E-state index contributed by atoms with van der Waals surface area (Å²) in [5.41, 5.74) is 5.82. The lowest BCUT2D eigenvalue weighted by Gasteiger charge is -2.27. The van der Waals surface area contributed by atoms with Gasteiger partial charge in [-0.15, -0.1) is 0 Å². The summed E-state index contributed by atoms with van der Waals surface area (Å²) in [4.78, 5) is 9.34. The summed E-state index contributed by atoms with van der Waals surface area (Å²) in [5.74, 6) is -0.118. The van der Waals surface area contributed by atoms with Crippen LogP contribution in [0.15, 0.2) is 72.9 Å². The van der Waals surface area contributed by atoms with Gasteiger partial charge in [0, 0.05) is 37.0 Å². The summed E-state index contributed by atoms with van der Waals surface area (Å²) in [6.07, 6.45) is 2.98. The lowest BCUT2D eigenvalue weighted by atomic mass is 9.78. The molecule has 2 N–H and O–H groups in total. The summed E-state index contributed by atoms with van der Waals surface area (Å²) in [5, 5.41) is 6.46. The van der Waals surface area contributed by atoms with E-state index in [1.807, 2.05) is 36.4 Å². The highest BCUT2D eigenvalue weighted by molar-refractivity contribution is 5.73. The van der Waals surface area contributed by atoms with Crippen molar-refractivity contribution in [3.8, 4) is 11.3 Å². The zero-order chi connectivity index (χ0) is 24.9. The number of methoxy groups -OCH3 is 1. The van der Waals surface area contributed by atoms with Gasteiger partial charge in [0.2, 0.25) is 5.95 Å². The third kappa shape index (κ3) is 5.12. The minimum atomic E-state index is -0.242. The van der Waals surface area contributed by atoms with E-state index in [4.69, 9.17) is 9.72 Å². The van der Waals surface area contributed by atoms with Crippen LogP contribution >= 0.6 is 0 Å². The number of nitrogens with zero attached hydrogens (tertiary/aromatic N) is 2. The van der Waals surface area contributed by atoms with Gasteiger partial charge in [-0.2, -0.15) is 0 Å². The van der Waals surface area contributed by atoms with Crippen molar-refractivity contribution in [3.63, 3.8) is 0 Å². The summed E-state index contributed by atoms with van der Waals surface area (Å²) in [7, 11) is 1.65. The minimum Gasteiger partial charge on any atom is -0.383 e. The second kappa shape index (κ2) is 10.9. The fourth-order valence-corrected chi connectivity index (χ4v) is 4.73. The quantitative estimate of drug-likeness (QED) is 0.300. The van der Waals surface area contributed by atoms with Gasteiger partial charge in [-0.3, -0.25) is 0 Å². The van der Waals surface area contributed by atoms with Crippen LogP contribution in [-0.4, -0.2) is 36.8 Å². The zero-order valence-electron chi connectivity index (χ0n) is 20.1. The van der Waals surface area contributed by atoms with Crippen LogP contribution in [0.4, 0.5) is 20.4 Å². The number of benzene rings is 3. The Balaban J connectivity index is 1.39. The molecule has 5 nitrogen and oxygen atoms in total. The molecule has 184 valence electrons. The molecule has 1 aliphatic rings. The first kappa shape index (κ1) is 24.0. The van der Waals surface area contributed by atoms with E-state index in [0.717, 1.165) is 34.6 Å². The molecule has 0 aliphatic heterocycles. The van der Waals surface area contributed by atoms with E-state index in [0.29, 0.717) is 43.1 Å². The molecule has 36 heavy (non-hydrogen) atoms. The van der Waals surface area contributed by atoms with Crippen LogP contribution in [0.5, 0.6) is 0 Å². The van der Waals surface area contributed by atoms with E-state index in [2.05, 4.69) is 15.6 Å². The Labute approximate surface area is 209 Å². The molecule has 0 bridgehead atoms. The Bertz CT molecular complexity index is 1360. The second-order valence-electron chi connectivity index (χ2n) is 8.86. The van der Waals surface area contributed by atoms with E-state index in [-0.39, 0.29) is 17.6 Å². The summed E-state index contributed by atoms with van der Waals surface area (Å²) >= 11 is 0. The Morgan fingerprint density at radius 3 is 2.58 bits per heavy atom. The van der Waals surface area contributed by atoms with Crippen molar-refractivity contribution in [1.29, 1.82) is 0 Å². The van der Waals surface area contributed by atoms with E-state index in [1.165, 1.54) is 12.1 Å². The third-order valence-electron chi connectivity index (χ3n) is 6.52. The van der Waals surface area contributed by atoms with E-state index in [9.17, 15) is 8.78 Å². The molecule has 0 radical (unpaired) electrons. The fraction of sp³-hybridized carbons (Fsp3) is 0.241. The van der Waals surface area contributed by atoms with Gasteiger partial charge < -0.3 is 15.4 Å². The summed E-state index contributed by atoms with van der Waals surface area (Å²) in [6.45, 7) is 1.99. The van der Waals surface area contributed by atoms with Crippen LogP contribution < -0.4 is 10.6 Å². The van der Waals surface area contributed by atoms with Gasteiger partial charge in [0.05, 0.1) is 12.3 Å². The monoisotopic (exact) mass is 486 g/mol. The lowest BCUT2D eigenvalue weighted by Crippen LogP contribution is -2.22. The molecule has 0 fully saturated rings. The van der Waals surface area contributed by atoms with Crippen molar-refractivity contribution in [2.75, 3.05) is 32.1 Å². The topological polar surface area (TPSA) is 59.1 Å². The highest BCUT2D eigenvalue weighted by Crippen LogP contribution is 2.42. The van der Waals surface area contributed by atoms with Gasteiger partial charge in [-0.25, -0.2) is 18.7 Å². The standard InChI is InChI=1S/C29H28F2N4O/c1-36-15-14-32-13-12-19-16-21(10-11-26(19)30)34-29-33-18-20-17-25(23-7-4-5-9-27(23)31)22-6-2-3-8-24(22)28(20)35-29/h2-11,16,18,25,32H,12-15,17H2,1H3,(H,33,34,35). The molecule has 0 spiro atoms. The molecular formula is C29H28F2N4O. The Morgan fingerprint density at radius 1 is 0.944 bits per heavy atom. The lowest BCUT2D eigenvalue weighted by molar-refractivity contribution is 0.199. The molecule has 0 saturated heterocycles. The first-order valence-corrected chi connectivity index (χ1v) is 12.1. The number of fused-ring (bicyclic) bond motifs is 3. The van der Waals surface area contributed by atoms with Gasteiger partial charge in [0.25, 0.3) is 0 Å². The average molecular weight is 487 g/mol. The number of aromatic nitrogens is 2. The van der Waals surface area contributed by atoms with Crippen LogP contribution in [0.3, 0.4) is 0 Å². The highest BCUT2D eigenvalue weighted by Gasteiger charge is 2.29. The van der Waals surface area contributed by atoms with Crippen LogP contribution in [0, 0.1) is 11.6 Å². The number of halogens is 2. The van der Waals surface area contributed by atoms with Gasteiger partial charge in [0.1, 0.15) is 11.6 Å². The molecule has 1 heterocycles. The molecule has 1 atom stereocenters. The molecule has 5 rings (SSSR count). The molecule has 0 amide bonds. The van der Waals surface area contributed by atoms with E-state index in [1.54, 1.807) is 31.5 Å². The van der Waals surface area contributed by atoms with Crippen molar-refractivity contribution in [2.24, 2.45) is 0 Å². The zero-order valence-corrected chi connectivity index (χ0v) is 20.1. The first-order chi connectivity index (χ1) is 17.6. The van der Waals surface area contributed by atoms with Crippen molar-refractivity contribution in [1.82, 2.24) is 15.3 Å². The summed E-state index contributed by atoms with van der Waals surface area (Å²) in [6, 6.07) is 19.9. The van der Waals surface area contributed by atoms with Crippen LogP contribution in [-0.2, 0) is 17.6 Å². The minimum absolute atomic E-state index is 0.102. The maximum absolute atomic E-state index is 14.7. The second-order valence-corrected chi connectivity index (χ2v) is 8.86.